The van der Waals surface area contributed by atoms with E-state index in [4.69, 9.17) is 25.0 Å². The highest BCUT2D eigenvalue weighted by Gasteiger charge is 2.75. The molecule has 1 atom stereocenters. The minimum Gasteiger partial charge on any atom is -0.463 e. The Balaban J connectivity index is 3.16. The maximum absolute atomic E-state index is 11.2. The summed E-state index contributed by atoms with van der Waals surface area (Å²) < 4.78 is 40.9. The van der Waals surface area contributed by atoms with Gasteiger partial charge in [-0.2, -0.15) is 0 Å². The van der Waals surface area contributed by atoms with Crippen molar-refractivity contribution in [3.05, 3.63) is 60.7 Å². The van der Waals surface area contributed by atoms with Crippen LogP contribution in [0.3, 0.4) is 0 Å². The van der Waals surface area contributed by atoms with Gasteiger partial charge < -0.3 is 39.4 Å². The van der Waals surface area contributed by atoms with Crippen molar-refractivity contribution in [1.29, 1.82) is 0 Å². The van der Waals surface area contributed by atoms with Crippen molar-refractivity contribution in [2.24, 2.45) is 0 Å². The number of benzene rings is 2. The van der Waals surface area contributed by atoms with Crippen LogP contribution in [0.5, 0.6) is 0 Å². The summed E-state index contributed by atoms with van der Waals surface area (Å²) in [6.45, 7) is 10.9. The van der Waals surface area contributed by atoms with Gasteiger partial charge in [0, 0.05) is 7.11 Å². The molecule has 2 rings (SSSR count). The van der Waals surface area contributed by atoms with Crippen molar-refractivity contribution < 1.29 is 39.4 Å². The van der Waals surface area contributed by atoms with Crippen molar-refractivity contribution >= 4 is 97.2 Å². The van der Waals surface area contributed by atoms with E-state index in [1.165, 1.54) is 0 Å². The van der Waals surface area contributed by atoms with Gasteiger partial charge in [0.05, 0.1) is 0 Å². The van der Waals surface area contributed by atoms with Crippen LogP contribution in [0.2, 0.25) is 45.8 Å². The molecule has 0 amide bonds. The molecule has 19 heteroatoms. The Morgan fingerprint density at radius 1 is 0.692 bits per heavy atom. The zero-order valence-corrected chi connectivity index (χ0v) is 36.9. The lowest BCUT2D eigenvalue weighted by atomic mass is 10.4. The maximum Gasteiger partial charge on any atom is 0.387 e. The van der Waals surface area contributed by atoms with Crippen molar-refractivity contribution in [3.8, 4) is 0 Å². The fourth-order valence-corrected chi connectivity index (χ4v) is 107. The van der Waals surface area contributed by atoms with Crippen LogP contribution in [0.15, 0.2) is 60.7 Å². The highest BCUT2D eigenvalue weighted by molar-refractivity contribution is 7.85. The van der Waals surface area contributed by atoms with Crippen LogP contribution in [0.4, 0.5) is 0 Å². The van der Waals surface area contributed by atoms with Gasteiger partial charge in [-0.05, 0) is 56.2 Å². The summed E-state index contributed by atoms with van der Waals surface area (Å²) in [4.78, 5) is 32.6. The van der Waals surface area contributed by atoms with E-state index in [0.29, 0.717) is 10.5 Å². The largest absolute Gasteiger partial charge is 0.463 e. The highest BCUT2D eigenvalue weighted by atomic mass is 30.0. The van der Waals surface area contributed by atoms with Crippen LogP contribution >= 0.6 is 0 Å². The lowest BCUT2D eigenvalue weighted by Crippen LogP contribution is -2.91. The van der Waals surface area contributed by atoms with Gasteiger partial charge in [0.25, 0.3) is 16.9 Å². The maximum atomic E-state index is 11.2. The molecular weight excluding hydrogens is 665 g/mol. The molecule has 0 aliphatic carbocycles. The minimum absolute atomic E-state index is 0.311. The van der Waals surface area contributed by atoms with E-state index in [1.54, 1.807) is 7.11 Å². The first-order valence-corrected chi connectivity index (χ1v) is 37.5. The summed E-state index contributed by atoms with van der Waals surface area (Å²) in [5.74, 6) is 0. The Labute approximate surface area is 249 Å². The normalized spacial score (nSPS) is 17.5. The Hall–Kier alpha value is 0.249. The number of rotatable bonds is 16. The summed E-state index contributed by atoms with van der Waals surface area (Å²) in [5.41, 5.74) is 0. The molecule has 0 aliphatic heterocycles. The molecule has 2 aromatic rings. The predicted octanol–water partition coefficient (Wildman–Crippen LogP) is -2.32. The van der Waals surface area contributed by atoms with E-state index in [1.807, 2.05) is 86.9 Å². The van der Waals surface area contributed by atoms with E-state index >= 15 is 0 Å². The van der Waals surface area contributed by atoms with E-state index in [2.05, 4.69) is 19.6 Å². The molecule has 1 unspecified atom stereocenters. The molecule has 39 heavy (non-hydrogen) atoms. The van der Waals surface area contributed by atoms with E-state index in [9.17, 15) is 14.4 Å². The van der Waals surface area contributed by atoms with Gasteiger partial charge in [0.1, 0.15) is 10.5 Å². The van der Waals surface area contributed by atoms with Crippen LogP contribution in [-0.4, -0.2) is 108 Å². The van der Waals surface area contributed by atoms with E-state index in [0.717, 1.165) is 10.4 Å². The monoisotopic (exact) mass is 710 g/mol. The molecule has 0 saturated carbocycles. The molecule has 0 saturated heterocycles. The van der Waals surface area contributed by atoms with Gasteiger partial charge in [-0.15, -0.1) is 0 Å². The van der Waals surface area contributed by atoms with Gasteiger partial charge in [0.15, 0.2) is 26.9 Å². The number of hydrogen-bond acceptors (Lipinski definition) is 9. The lowest BCUT2D eigenvalue weighted by Gasteiger charge is -2.55. The predicted molar refractivity (Wildman–Crippen MR) is 182 cm³/mol. The van der Waals surface area contributed by atoms with Crippen LogP contribution < -0.4 is 10.4 Å². The second-order valence-corrected chi connectivity index (χ2v) is 61.3. The van der Waals surface area contributed by atoms with Gasteiger partial charge in [-0.3, -0.25) is 0 Å². The van der Waals surface area contributed by atoms with Crippen LogP contribution in [0, 0.1) is 0 Å². The van der Waals surface area contributed by atoms with E-state index < -0.39 is 76.3 Å². The second-order valence-electron chi connectivity index (χ2n) is 11.3. The molecule has 0 bridgehead atoms. The minimum atomic E-state index is -3.82. The third kappa shape index (κ3) is 7.80. The Kier molecular flexibility index (Phi) is 12.9. The molecule has 0 radical (unpaired) electrons. The van der Waals surface area contributed by atoms with Crippen molar-refractivity contribution in [3.63, 3.8) is 0 Å². The van der Waals surface area contributed by atoms with Crippen LogP contribution in [-0.2, 0) is 25.0 Å². The zero-order valence-electron chi connectivity index (χ0n) is 24.7. The fourth-order valence-electron chi connectivity index (χ4n) is 4.54. The van der Waals surface area contributed by atoms with E-state index in [-0.39, 0.29) is 0 Å². The molecule has 0 fully saturated rings. The van der Waals surface area contributed by atoms with Gasteiger partial charge in [0.2, 0.25) is 7.83 Å². The molecule has 0 spiro atoms. The SMILES string of the molecule is CO[Si](C)(C)O[Si](O[Si](O[Si](C)(C)C)(c1ccccc1)c1ccccc1)([Si](C)(C)O[SiH2]O)[Si](O[SiH3])([SiH2]O)[SiH2]O. The van der Waals surface area contributed by atoms with Gasteiger partial charge in [-0.25, -0.2) is 0 Å². The topological polar surface area (TPSA) is 116 Å². The lowest BCUT2D eigenvalue weighted by molar-refractivity contribution is 0.275. The van der Waals surface area contributed by atoms with Crippen molar-refractivity contribution in [2.75, 3.05) is 7.11 Å². The molecule has 0 aromatic heterocycles. The standard InChI is InChI=1S/C20H46O9Si10/c1-24-35(5,6)28-38(36(7,8)26-31-21,39(25-30,32-22)33-23)29-37(27-34(2,3)4,19-15-11-9-12-16-19)20-17-13-10-14-18-20/h9-18,21-23H,31-33H2,1-8,30H3. The quantitative estimate of drug-likeness (QED) is 0.165. The first kappa shape index (κ1) is 35.4. The molecule has 3 N–H and O–H groups in total. The summed E-state index contributed by atoms with van der Waals surface area (Å²) in [7, 11) is -19.5. The third-order valence-electron chi connectivity index (χ3n) is 6.65. The molecule has 220 valence electrons. The summed E-state index contributed by atoms with van der Waals surface area (Å²) >= 11 is 0. The summed E-state index contributed by atoms with van der Waals surface area (Å²) in [6, 6.07) is 20.0. The van der Waals surface area contributed by atoms with Crippen molar-refractivity contribution in [2.45, 2.75) is 45.8 Å². The third-order valence-corrected chi connectivity index (χ3v) is 83.7. The second kappa shape index (κ2) is 14.1. The molecule has 2 aromatic carbocycles. The summed E-state index contributed by atoms with van der Waals surface area (Å²) in [6.07, 6.45) is 0. The molecular formula is C20H46O9Si10. The number of hydrogen-bond donors (Lipinski definition) is 3. The van der Waals surface area contributed by atoms with Crippen LogP contribution in [0.25, 0.3) is 0 Å². The smallest absolute Gasteiger partial charge is 0.387 e. The van der Waals surface area contributed by atoms with Gasteiger partial charge in [-0.1, -0.05) is 60.7 Å². The Morgan fingerprint density at radius 2 is 1.15 bits per heavy atom. The average molecular weight is 711 g/mol. The zero-order chi connectivity index (χ0) is 29.6. The highest BCUT2D eigenvalue weighted by Crippen LogP contribution is 2.37. The first-order valence-electron chi connectivity index (χ1n) is 12.9. The molecule has 9 nitrogen and oxygen atoms in total. The molecule has 0 aliphatic rings. The first-order chi connectivity index (χ1) is 18.1. The fraction of sp³-hybridized carbons (Fsp3) is 0.400. The average Bonchev–Trinajstić information content (AvgIpc) is 2.89. The Bertz CT molecular complexity index is 978. The van der Waals surface area contributed by atoms with Crippen LogP contribution in [0.1, 0.15) is 0 Å². The van der Waals surface area contributed by atoms with Gasteiger partial charge >= 0.3 is 24.7 Å². The van der Waals surface area contributed by atoms with Crippen molar-refractivity contribution in [1.82, 2.24) is 0 Å². The molecule has 0 heterocycles. The summed E-state index contributed by atoms with van der Waals surface area (Å²) in [5, 5.41) is 1.83. The Morgan fingerprint density at radius 3 is 1.49 bits per heavy atom.